The van der Waals surface area contributed by atoms with Crippen molar-refractivity contribution in [3.63, 3.8) is 0 Å². The molecule has 2 nitrogen and oxygen atoms in total. The van der Waals surface area contributed by atoms with Gasteiger partial charge in [0.2, 0.25) is 5.91 Å². The molecule has 0 atom stereocenters. The summed E-state index contributed by atoms with van der Waals surface area (Å²) < 4.78 is 0. The third-order valence-corrected chi connectivity index (χ3v) is 50.7. The van der Waals surface area contributed by atoms with E-state index in [9.17, 15) is 4.79 Å². The minimum absolute atomic E-state index is 0.0828. The van der Waals surface area contributed by atoms with Gasteiger partial charge in [-0.1, -0.05) is 100 Å². The second-order valence-corrected chi connectivity index (χ2v) is 39.9. The summed E-state index contributed by atoms with van der Waals surface area (Å²) in [7, 11) is -5.14. The second-order valence-electron chi connectivity index (χ2n) is 12.7. The Morgan fingerprint density at radius 2 is 1.50 bits per heavy atom. The summed E-state index contributed by atoms with van der Waals surface area (Å²) in [4.78, 5) is 12.6. The van der Waals surface area contributed by atoms with Crippen LogP contribution in [0.5, 0.6) is 0 Å². The molecule has 0 fully saturated rings. The van der Waals surface area contributed by atoms with Gasteiger partial charge < -0.3 is 5.73 Å². The Labute approximate surface area is 196 Å². The number of hydrogen-bond acceptors (Lipinski definition) is 1. The third kappa shape index (κ3) is 3.04. The number of carbonyl (C=O) groups excluding carboxylic acids is 1. The summed E-state index contributed by atoms with van der Waals surface area (Å²) >= 11 is 0. The molecule has 1 amide bonds. The number of allylic oxidation sites excluding steroid dienone is 1. The summed E-state index contributed by atoms with van der Waals surface area (Å²) in [5.74, 6) is -0.254. The van der Waals surface area contributed by atoms with Gasteiger partial charge in [0.1, 0.15) is 0 Å². The largest absolute Gasteiger partial charge is 0.366 e. The van der Waals surface area contributed by atoms with E-state index in [1.807, 2.05) is 0 Å². The molecule has 2 aliphatic rings. The molecule has 1 heterocycles. The van der Waals surface area contributed by atoms with Gasteiger partial charge in [0.15, 0.2) is 0 Å². The number of hydrogen-bond donors (Lipinski definition) is 1. The Bertz CT molecular complexity index is 1200. The van der Waals surface area contributed by atoms with Gasteiger partial charge in [0.05, 0.1) is 15.2 Å². The van der Waals surface area contributed by atoms with Gasteiger partial charge in [-0.15, -0.1) is 0 Å². The lowest BCUT2D eigenvalue weighted by Crippen LogP contribution is -2.68. The molecule has 5 heteroatoms. The van der Waals surface area contributed by atoms with Crippen LogP contribution in [0.4, 0.5) is 0 Å². The third-order valence-electron chi connectivity index (χ3n) is 9.14. The molecular formula is C27H39NOSi3. The molecule has 2 N–H and O–H groups in total. The smallest absolute Gasteiger partial charge is 0.248 e. The van der Waals surface area contributed by atoms with Crippen molar-refractivity contribution < 1.29 is 4.79 Å². The van der Waals surface area contributed by atoms with Crippen molar-refractivity contribution in [2.75, 3.05) is 0 Å². The number of fused-ring (bicyclic) bond motifs is 2. The van der Waals surface area contributed by atoms with Gasteiger partial charge in [0.25, 0.3) is 0 Å². The lowest BCUT2D eigenvalue weighted by Gasteiger charge is -2.40. The first-order valence-electron chi connectivity index (χ1n) is 11.8. The average molecular weight is 478 g/mol. The Balaban J connectivity index is 2.14. The van der Waals surface area contributed by atoms with Crippen LogP contribution in [0.2, 0.25) is 39.3 Å². The zero-order chi connectivity index (χ0) is 24.0. The maximum atomic E-state index is 12.6. The number of primary amides is 1. The fraction of sp³-hybridized carbons (Fsp3) is 0.444. The highest BCUT2D eigenvalue weighted by molar-refractivity contribution is 7.76. The fourth-order valence-corrected chi connectivity index (χ4v) is 41.1. The lowest BCUT2D eigenvalue weighted by molar-refractivity contribution is 0.100. The molecule has 1 aliphatic carbocycles. The Kier molecular flexibility index (Phi) is 5.06. The second kappa shape index (κ2) is 6.90. The molecule has 0 aromatic heterocycles. The Morgan fingerprint density at radius 1 is 0.906 bits per heavy atom. The van der Waals surface area contributed by atoms with Crippen molar-refractivity contribution in [2.45, 2.75) is 78.8 Å². The van der Waals surface area contributed by atoms with E-state index in [-0.39, 0.29) is 11.3 Å². The topological polar surface area (TPSA) is 43.1 Å². The highest BCUT2D eigenvalue weighted by atomic mass is 29.6. The summed E-state index contributed by atoms with van der Waals surface area (Å²) in [5, 5.41) is 2.95. The molecule has 0 saturated heterocycles. The Morgan fingerprint density at radius 3 is 2.06 bits per heavy atom. The van der Waals surface area contributed by atoms with Crippen LogP contribution < -0.4 is 16.1 Å². The molecule has 32 heavy (non-hydrogen) atoms. The maximum absolute atomic E-state index is 12.6. The van der Waals surface area contributed by atoms with Gasteiger partial charge >= 0.3 is 0 Å². The van der Waals surface area contributed by atoms with Crippen molar-refractivity contribution >= 4 is 44.6 Å². The first kappa shape index (κ1) is 23.5. The predicted octanol–water partition coefficient (Wildman–Crippen LogP) is 5.42. The first-order chi connectivity index (χ1) is 14.5. The van der Waals surface area contributed by atoms with Crippen molar-refractivity contribution in [3.8, 4) is 11.1 Å². The predicted molar refractivity (Wildman–Crippen MR) is 148 cm³/mol. The minimum Gasteiger partial charge on any atom is -0.366 e. The minimum atomic E-state index is -1.80. The van der Waals surface area contributed by atoms with Crippen LogP contribution in [0.1, 0.15) is 54.7 Å². The molecular weight excluding hydrogens is 439 g/mol. The van der Waals surface area contributed by atoms with Gasteiger partial charge in [-0.05, 0) is 52.6 Å². The SMILES string of the molecule is CC1=Cc2cc(C(C)(C)C)cc(-c3ccc(C(N)=O)c4c3[Si](C)(C)[Si](C)(C)[Si]4(C)C)c2C1. The van der Waals surface area contributed by atoms with Gasteiger partial charge in [0, 0.05) is 12.7 Å². The maximum Gasteiger partial charge on any atom is 0.248 e. The number of benzene rings is 2. The molecule has 0 unspecified atom stereocenters. The van der Waals surface area contributed by atoms with E-state index in [1.54, 1.807) is 5.19 Å². The molecule has 0 radical (unpaired) electrons. The van der Waals surface area contributed by atoms with Crippen molar-refractivity contribution in [3.05, 3.63) is 52.1 Å². The number of carbonyl (C=O) groups is 1. The molecule has 0 spiro atoms. The van der Waals surface area contributed by atoms with E-state index in [0.717, 1.165) is 12.0 Å². The van der Waals surface area contributed by atoms with Crippen LogP contribution in [0.25, 0.3) is 17.2 Å². The molecule has 0 saturated carbocycles. The highest BCUT2D eigenvalue weighted by Gasteiger charge is 2.62. The van der Waals surface area contributed by atoms with E-state index in [1.165, 1.54) is 38.6 Å². The fourth-order valence-electron chi connectivity index (χ4n) is 6.03. The zero-order valence-electron chi connectivity index (χ0n) is 21.6. The standard InChI is InChI=1S/C27H39NOSi3/c1-17-13-18-15-19(27(2,3)4)16-23(22(18)14-17)20-11-12-21(26(28)29)25-24(20)30(5,6)32(9,10)31(25,7)8/h11-13,15-16H,14H2,1-10H3,(H2,28,29). The molecule has 2 aromatic carbocycles. The van der Waals surface area contributed by atoms with E-state index in [4.69, 9.17) is 5.73 Å². The van der Waals surface area contributed by atoms with Crippen LogP contribution in [0, 0.1) is 0 Å². The molecule has 170 valence electrons. The van der Waals surface area contributed by atoms with E-state index in [2.05, 4.69) is 97.3 Å². The molecule has 2 aromatic rings. The van der Waals surface area contributed by atoms with Crippen molar-refractivity contribution in [2.24, 2.45) is 5.73 Å². The number of nitrogens with two attached hydrogens (primary N) is 1. The van der Waals surface area contributed by atoms with Gasteiger partial charge in [-0.25, -0.2) is 0 Å². The van der Waals surface area contributed by atoms with Crippen LogP contribution >= 0.6 is 0 Å². The Hall–Kier alpha value is -1.70. The highest BCUT2D eigenvalue weighted by Crippen LogP contribution is 2.42. The summed E-state index contributed by atoms with van der Waals surface area (Å²) in [5.41, 5.74) is 15.3. The molecule has 1 aliphatic heterocycles. The van der Waals surface area contributed by atoms with Gasteiger partial charge in [-0.3, -0.25) is 4.79 Å². The molecule has 0 bridgehead atoms. The summed E-state index contributed by atoms with van der Waals surface area (Å²) in [6, 6.07) is 9.14. The van der Waals surface area contributed by atoms with E-state index >= 15 is 0 Å². The van der Waals surface area contributed by atoms with Crippen LogP contribution in [0.3, 0.4) is 0 Å². The summed E-state index contributed by atoms with van der Waals surface area (Å²) in [6.45, 7) is 24.5. The van der Waals surface area contributed by atoms with Crippen LogP contribution in [0.15, 0.2) is 29.8 Å². The number of rotatable bonds is 2. The van der Waals surface area contributed by atoms with Crippen LogP contribution in [-0.2, 0) is 11.8 Å². The van der Waals surface area contributed by atoms with Crippen LogP contribution in [-0.4, -0.2) is 28.2 Å². The van der Waals surface area contributed by atoms with E-state index < -0.39 is 22.3 Å². The molecule has 4 rings (SSSR count). The van der Waals surface area contributed by atoms with Crippen molar-refractivity contribution in [1.82, 2.24) is 0 Å². The number of amides is 1. The normalized spacial score (nSPS) is 20.0. The monoisotopic (exact) mass is 477 g/mol. The first-order valence-corrected chi connectivity index (χ1v) is 22.8. The van der Waals surface area contributed by atoms with E-state index in [0.29, 0.717) is 0 Å². The zero-order valence-corrected chi connectivity index (χ0v) is 24.6. The summed E-state index contributed by atoms with van der Waals surface area (Å²) in [6.07, 6.45) is 3.39. The average Bonchev–Trinajstić information content (AvgIpc) is 3.08. The van der Waals surface area contributed by atoms with Gasteiger partial charge in [-0.2, -0.15) is 0 Å². The lowest BCUT2D eigenvalue weighted by atomic mass is 9.82. The quantitative estimate of drug-likeness (QED) is 0.577. The van der Waals surface area contributed by atoms with Crippen molar-refractivity contribution in [1.29, 1.82) is 0 Å².